The van der Waals surface area contributed by atoms with Gasteiger partial charge in [0.2, 0.25) is 0 Å². The van der Waals surface area contributed by atoms with Crippen molar-refractivity contribution < 1.29 is 14.9 Å². The topological polar surface area (TPSA) is 52.9 Å². The van der Waals surface area contributed by atoms with Gasteiger partial charge in [0.15, 0.2) is 0 Å². The summed E-state index contributed by atoms with van der Waals surface area (Å²) in [5.41, 5.74) is 0. The molecule has 102 valence electrons. The first-order valence-corrected chi connectivity index (χ1v) is 6.78. The maximum absolute atomic E-state index is 10.1. The van der Waals surface area contributed by atoms with Gasteiger partial charge < -0.3 is 14.9 Å². The van der Waals surface area contributed by atoms with Crippen molar-refractivity contribution in [3.8, 4) is 0 Å². The van der Waals surface area contributed by atoms with Crippen molar-refractivity contribution in [2.45, 2.75) is 38.2 Å². The van der Waals surface area contributed by atoms with Gasteiger partial charge in [-0.1, -0.05) is 19.3 Å². The molecule has 4 heteroatoms. The van der Waals surface area contributed by atoms with E-state index in [1.807, 2.05) is 0 Å². The van der Waals surface area contributed by atoms with Gasteiger partial charge in [-0.25, -0.2) is 0 Å². The van der Waals surface area contributed by atoms with Gasteiger partial charge in [0.25, 0.3) is 0 Å². The van der Waals surface area contributed by atoms with Gasteiger partial charge in [0.05, 0.1) is 19.3 Å². The minimum absolute atomic E-state index is 0.166. The highest BCUT2D eigenvalue weighted by Crippen LogP contribution is 2.24. The molecule has 0 aliphatic heterocycles. The van der Waals surface area contributed by atoms with Crippen molar-refractivity contribution in [2.24, 2.45) is 5.92 Å². The maximum atomic E-state index is 10.1. The summed E-state index contributed by atoms with van der Waals surface area (Å²) in [6.07, 6.45) is 5.49. The Bertz CT molecular complexity index is 190. The fourth-order valence-corrected chi connectivity index (χ4v) is 2.57. The highest BCUT2D eigenvalue weighted by molar-refractivity contribution is 4.76. The van der Waals surface area contributed by atoms with Crippen molar-refractivity contribution in [1.29, 1.82) is 0 Å². The summed E-state index contributed by atoms with van der Waals surface area (Å²) in [6, 6.07) is 0. The van der Waals surface area contributed by atoms with Gasteiger partial charge in [-0.3, -0.25) is 4.90 Å². The van der Waals surface area contributed by atoms with Crippen LogP contribution < -0.4 is 0 Å². The van der Waals surface area contributed by atoms with Crippen molar-refractivity contribution >= 4 is 0 Å². The number of aliphatic hydroxyl groups excluding tert-OH is 2. The first kappa shape index (κ1) is 14.9. The number of hydrogen-bond acceptors (Lipinski definition) is 4. The Morgan fingerprint density at radius 3 is 2.65 bits per heavy atom. The lowest BCUT2D eigenvalue weighted by Crippen LogP contribution is -2.38. The molecule has 0 aromatic carbocycles. The lowest BCUT2D eigenvalue weighted by atomic mass is 9.96. The van der Waals surface area contributed by atoms with Crippen LogP contribution in [0.5, 0.6) is 0 Å². The molecule has 0 radical (unpaired) electrons. The number of hydrogen-bond donors (Lipinski definition) is 2. The van der Waals surface area contributed by atoms with Crippen LogP contribution in [0.1, 0.15) is 32.1 Å². The number of aliphatic hydroxyl groups is 2. The van der Waals surface area contributed by atoms with Crippen LogP contribution in [-0.2, 0) is 4.74 Å². The van der Waals surface area contributed by atoms with Gasteiger partial charge in [0, 0.05) is 26.7 Å². The summed E-state index contributed by atoms with van der Waals surface area (Å²) in [6.45, 7) is 3.24. The zero-order valence-corrected chi connectivity index (χ0v) is 11.0. The van der Waals surface area contributed by atoms with E-state index in [1.54, 1.807) is 7.11 Å². The molecule has 0 saturated heterocycles. The minimum Gasteiger partial charge on any atom is -0.395 e. The molecule has 0 heterocycles. The van der Waals surface area contributed by atoms with E-state index in [0.29, 0.717) is 19.1 Å². The van der Waals surface area contributed by atoms with Crippen LogP contribution in [0.4, 0.5) is 0 Å². The summed E-state index contributed by atoms with van der Waals surface area (Å²) in [7, 11) is 1.69. The Morgan fingerprint density at radius 2 is 1.94 bits per heavy atom. The standard InChI is InChI=1S/C13H27NO3/c1-17-10-8-14(7-9-15)11-12-5-3-2-4-6-13(12)16/h12-13,15-16H,2-11H2,1H3. The van der Waals surface area contributed by atoms with Crippen molar-refractivity contribution in [3.63, 3.8) is 0 Å². The predicted octanol–water partition coefficient (Wildman–Crippen LogP) is 0.868. The quantitative estimate of drug-likeness (QED) is 0.654. The molecule has 1 fully saturated rings. The Hall–Kier alpha value is -0.160. The highest BCUT2D eigenvalue weighted by atomic mass is 16.5. The van der Waals surface area contributed by atoms with Gasteiger partial charge >= 0.3 is 0 Å². The lowest BCUT2D eigenvalue weighted by Gasteiger charge is -2.28. The number of methoxy groups -OCH3 is 1. The molecule has 2 N–H and O–H groups in total. The largest absolute Gasteiger partial charge is 0.395 e. The highest BCUT2D eigenvalue weighted by Gasteiger charge is 2.23. The monoisotopic (exact) mass is 245 g/mol. The van der Waals surface area contributed by atoms with E-state index >= 15 is 0 Å². The molecular weight excluding hydrogens is 218 g/mol. The SMILES string of the molecule is COCCN(CCO)CC1CCCCCC1O. The van der Waals surface area contributed by atoms with E-state index in [2.05, 4.69) is 4.90 Å². The van der Waals surface area contributed by atoms with Gasteiger partial charge in [-0.05, 0) is 18.8 Å². The Labute approximate surface area is 105 Å². The van der Waals surface area contributed by atoms with Crippen molar-refractivity contribution in [3.05, 3.63) is 0 Å². The molecule has 2 atom stereocenters. The number of nitrogens with zero attached hydrogens (tertiary/aromatic N) is 1. The second-order valence-electron chi connectivity index (χ2n) is 4.98. The van der Waals surface area contributed by atoms with Crippen LogP contribution in [0, 0.1) is 5.92 Å². The molecule has 0 amide bonds. The van der Waals surface area contributed by atoms with E-state index in [1.165, 1.54) is 12.8 Å². The van der Waals surface area contributed by atoms with Gasteiger partial charge in [-0.2, -0.15) is 0 Å². The number of ether oxygens (including phenoxy) is 1. The summed E-state index contributed by atoms with van der Waals surface area (Å²) in [4.78, 5) is 2.20. The molecule has 1 aliphatic rings. The first-order valence-electron chi connectivity index (χ1n) is 6.78. The summed E-state index contributed by atoms with van der Waals surface area (Å²) >= 11 is 0. The fourth-order valence-electron chi connectivity index (χ4n) is 2.57. The predicted molar refractivity (Wildman–Crippen MR) is 68.0 cm³/mol. The Balaban J connectivity index is 2.39. The van der Waals surface area contributed by atoms with Gasteiger partial charge in [0.1, 0.15) is 0 Å². The maximum Gasteiger partial charge on any atom is 0.0589 e. The van der Waals surface area contributed by atoms with Crippen LogP contribution in [-0.4, -0.2) is 61.2 Å². The average Bonchev–Trinajstić information content (AvgIpc) is 2.52. The molecule has 4 nitrogen and oxygen atoms in total. The summed E-state index contributed by atoms with van der Waals surface area (Å²) < 4.78 is 5.07. The minimum atomic E-state index is -0.166. The summed E-state index contributed by atoms with van der Waals surface area (Å²) in [5, 5.41) is 19.1. The third kappa shape index (κ3) is 5.82. The van der Waals surface area contributed by atoms with Gasteiger partial charge in [-0.15, -0.1) is 0 Å². The van der Waals surface area contributed by atoms with E-state index in [9.17, 15) is 5.11 Å². The van der Waals surface area contributed by atoms with E-state index < -0.39 is 0 Å². The molecule has 0 aromatic heterocycles. The average molecular weight is 245 g/mol. The van der Waals surface area contributed by atoms with Crippen LogP contribution in [0.25, 0.3) is 0 Å². The third-order valence-electron chi connectivity index (χ3n) is 3.64. The molecule has 0 spiro atoms. The zero-order chi connectivity index (χ0) is 12.5. The first-order chi connectivity index (χ1) is 8.27. The molecule has 0 bridgehead atoms. The normalized spacial score (nSPS) is 26.1. The van der Waals surface area contributed by atoms with Crippen molar-refractivity contribution in [2.75, 3.05) is 40.0 Å². The second kappa shape index (κ2) is 8.86. The van der Waals surface area contributed by atoms with Crippen molar-refractivity contribution in [1.82, 2.24) is 4.90 Å². The second-order valence-corrected chi connectivity index (χ2v) is 4.98. The summed E-state index contributed by atoms with van der Waals surface area (Å²) in [5.74, 6) is 0.362. The Morgan fingerprint density at radius 1 is 1.18 bits per heavy atom. The molecular formula is C13H27NO3. The Kier molecular flexibility index (Phi) is 7.77. The molecule has 2 unspecified atom stereocenters. The van der Waals surface area contributed by atoms with E-state index in [4.69, 9.17) is 9.84 Å². The van der Waals surface area contributed by atoms with E-state index in [0.717, 1.165) is 32.4 Å². The molecule has 1 rings (SSSR count). The van der Waals surface area contributed by atoms with Crippen LogP contribution in [0.3, 0.4) is 0 Å². The molecule has 0 aromatic rings. The molecule has 1 aliphatic carbocycles. The van der Waals surface area contributed by atoms with Crippen LogP contribution in [0.15, 0.2) is 0 Å². The molecule has 1 saturated carbocycles. The lowest BCUT2D eigenvalue weighted by molar-refractivity contribution is 0.0576. The molecule has 17 heavy (non-hydrogen) atoms. The number of rotatable bonds is 7. The van der Waals surface area contributed by atoms with E-state index in [-0.39, 0.29) is 12.7 Å². The zero-order valence-electron chi connectivity index (χ0n) is 11.0. The fraction of sp³-hybridized carbons (Fsp3) is 1.00. The third-order valence-corrected chi connectivity index (χ3v) is 3.64. The van der Waals surface area contributed by atoms with Crippen LogP contribution >= 0.6 is 0 Å². The van der Waals surface area contributed by atoms with Crippen LogP contribution in [0.2, 0.25) is 0 Å². The smallest absolute Gasteiger partial charge is 0.0589 e.